The summed E-state index contributed by atoms with van der Waals surface area (Å²) in [6.07, 6.45) is 0. The molecule has 0 heterocycles. The molecule has 3 aromatic carbocycles. The molecule has 5 nitrogen and oxygen atoms in total. The molecule has 1 unspecified atom stereocenters. The first-order valence-corrected chi connectivity index (χ1v) is 9.07. The van der Waals surface area contributed by atoms with E-state index in [2.05, 4.69) is 10.6 Å². The number of nitrogens with two attached hydrogens (primary N) is 1. The van der Waals surface area contributed by atoms with Gasteiger partial charge in [0.15, 0.2) is 0 Å². The summed E-state index contributed by atoms with van der Waals surface area (Å²) < 4.78 is 0. The number of primary amides is 1. The van der Waals surface area contributed by atoms with Crippen LogP contribution in [0.1, 0.15) is 38.7 Å². The normalized spacial score (nSPS) is 11.5. The van der Waals surface area contributed by atoms with Crippen LogP contribution in [0.25, 0.3) is 0 Å². The molecule has 0 aromatic heterocycles. The van der Waals surface area contributed by atoms with Crippen LogP contribution >= 0.6 is 0 Å². The Morgan fingerprint density at radius 2 is 1.46 bits per heavy atom. The van der Waals surface area contributed by atoms with E-state index in [4.69, 9.17) is 5.73 Å². The zero-order valence-corrected chi connectivity index (χ0v) is 15.7. The van der Waals surface area contributed by atoms with Crippen molar-refractivity contribution in [2.45, 2.75) is 19.5 Å². The van der Waals surface area contributed by atoms with Crippen LogP contribution in [-0.4, -0.2) is 11.9 Å². The quantitative estimate of drug-likeness (QED) is 0.616. The fourth-order valence-electron chi connectivity index (χ4n) is 2.94. The second-order valence-corrected chi connectivity index (χ2v) is 6.64. The third kappa shape index (κ3) is 4.98. The molecule has 0 spiro atoms. The minimum atomic E-state index is -0.578. The van der Waals surface area contributed by atoms with E-state index in [0.717, 1.165) is 16.7 Å². The van der Waals surface area contributed by atoms with Crippen LogP contribution in [0.3, 0.4) is 0 Å². The highest BCUT2D eigenvalue weighted by Crippen LogP contribution is 2.23. The van der Waals surface area contributed by atoms with Gasteiger partial charge in [0.05, 0.1) is 6.04 Å². The van der Waals surface area contributed by atoms with Gasteiger partial charge in [-0.2, -0.15) is 0 Å². The highest BCUT2D eigenvalue weighted by atomic mass is 16.2. The Kier molecular flexibility index (Phi) is 6.07. The molecule has 3 rings (SSSR count). The van der Waals surface area contributed by atoms with Crippen molar-refractivity contribution in [1.82, 2.24) is 10.6 Å². The fourth-order valence-corrected chi connectivity index (χ4v) is 2.94. The Labute approximate surface area is 164 Å². The van der Waals surface area contributed by atoms with Gasteiger partial charge in [-0.3, -0.25) is 4.79 Å². The van der Waals surface area contributed by atoms with Gasteiger partial charge in [-0.15, -0.1) is 0 Å². The molecule has 0 radical (unpaired) electrons. The van der Waals surface area contributed by atoms with Crippen molar-refractivity contribution in [3.05, 3.63) is 107 Å². The van der Waals surface area contributed by atoms with Crippen molar-refractivity contribution >= 4 is 11.9 Å². The molecular formula is C23H23N3O2. The van der Waals surface area contributed by atoms with Crippen LogP contribution in [0.5, 0.6) is 0 Å². The number of hydrogen-bond acceptors (Lipinski definition) is 2. The van der Waals surface area contributed by atoms with E-state index in [1.54, 1.807) is 24.3 Å². The summed E-state index contributed by atoms with van der Waals surface area (Å²) in [5.41, 5.74) is 9.70. The summed E-state index contributed by atoms with van der Waals surface area (Å²) in [6, 6.07) is 24.3. The van der Waals surface area contributed by atoms with Gasteiger partial charge in [-0.05, 0) is 35.7 Å². The molecule has 142 valence electrons. The molecule has 4 N–H and O–H groups in total. The molecule has 0 saturated heterocycles. The lowest BCUT2D eigenvalue weighted by molar-refractivity contribution is 0.0943. The van der Waals surface area contributed by atoms with E-state index in [1.807, 2.05) is 61.5 Å². The average molecular weight is 373 g/mol. The zero-order chi connectivity index (χ0) is 19.9. The fraction of sp³-hybridized carbons (Fsp3) is 0.130. The number of benzene rings is 3. The van der Waals surface area contributed by atoms with Crippen molar-refractivity contribution in [2.75, 3.05) is 0 Å². The molecule has 3 amide bonds. The molecule has 0 fully saturated rings. The van der Waals surface area contributed by atoms with Crippen LogP contribution in [0.2, 0.25) is 0 Å². The van der Waals surface area contributed by atoms with E-state index in [9.17, 15) is 9.59 Å². The van der Waals surface area contributed by atoms with Crippen molar-refractivity contribution in [1.29, 1.82) is 0 Å². The Bertz CT molecular complexity index is 936. The second kappa shape index (κ2) is 8.86. The lowest BCUT2D eigenvalue weighted by atomic mass is 9.97. The topological polar surface area (TPSA) is 84.2 Å². The summed E-state index contributed by atoms with van der Waals surface area (Å²) in [6.45, 7) is 2.36. The summed E-state index contributed by atoms with van der Waals surface area (Å²) in [5.74, 6) is -0.163. The molecule has 3 aromatic rings. The third-order valence-electron chi connectivity index (χ3n) is 4.50. The maximum absolute atomic E-state index is 12.8. The van der Waals surface area contributed by atoms with E-state index in [-0.39, 0.29) is 11.9 Å². The Morgan fingerprint density at radius 3 is 2.07 bits per heavy atom. The first kappa shape index (κ1) is 19.2. The molecule has 0 aliphatic heterocycles. The van der Waals surface area contributed by atoms with Gasteiger partial charge >= 0.3 is 6.03 Å². The maximum atomic E-state index is 12.8. The number of nitrogens with one attached hydrogen (secondary N) is 2. The van der Waals surface area contributed by atoms with Crippen molar-refractivity contribution in [3.8, 4) is 0 Å². The predicted octanol–water partition coefficient (Wildman–Crippen LogP) is 3.68. The SMILES string of the molecule is Cc1ccc(C(NC(=O)c2ccc(CNC(N)=O)cc2)c2ccccc2)cc1. The molecular weight excluding hydrogens is 350 g/mol. The van der Waals surface area contributed by atoms with Gasteiger partial charge in [-0.1, -0.05) is 72.3 Å². The van der Waals surface area contributed by atoms with Crippen molar-refractivity contribution < 1.29 is 9.59 Å². The summed E-state index contributed by atoms with van der Waals surface area (Å²) in [7, 11) is 0. The number of amides is 3. The lowest BCUT2D eigenvalue weighted by Gasteiger charge is -2.20. The average Bonchev–Trinajstić information content (AvgIpc) is 2.72. The minimum Gasteiger partial charge on any atom is -0.352 e. The standard InChI is InChI=1S/C23H23N3O2/c1-16-7-11-19(12-8-16)21(18-5-3-2-4-6-18)26-22(27)20-13-9-17(10-14-20)15-25-23(24)28/h2-14,21H,15H2,1H3,(H,26,27)(H3,24,25,28). The van der Waals surface area contributed by atoms with Gasteiger partial charge in [0, 0.05) is 12.1 Å². The number of carbonyl (C=O) groups excluding carboxylic acids is 2. The van der Waals surface area contributed by atoms with Gasteiger partial charge in [0.25, 0.3) is 5.91 Å². The smallest absolute Gasteiger partial charge is 0.312 e. The van der Waals surface area contributed by atoms with Crippen LogP contribution in [0.4, 0.5) is 4.79 Å². The second-order valence-electron chi connectivity index (χ2n) is 6.64. The van der Waals surface area contributed by atoms with Crippen LogP contribution in [0.15, 0.2) is 78.9 Å². The Morgan fingerprint density at radius 1 is 0.857 bits per heavy atom. The van der Waals surface area contributed by atoms with Crippen LogP contribution in [0, 0.1) is 6.92 Å². The van der Waals surface area contributed by atoms with Crippen molar-refractivity contribution in [3.63, 3.8) is 0 Å². The van der Waals surface area contributed by atoms with E-state index in [0.29, 0.717) is 12.1 Å². The van der Waals surface area contributed by atoms with Crippen LogP contribution in [-0.2, 0) is 6.54 Å². The summed E-state index contributed by atoms with van der Waals surface area (Å²) in [5, 5.41) is 5.65. The van der Waals surface area contributed by atoms with E-state index < -0.39 is 6.03 Å². The largest absolute Gasteiger partial charge is 0.352 e. The first-order valence-electron chi connectivity index (χ1n) is 9.07. The van der Waals surface area contributed by atoms with Gasteiger partial charge in [-0.25, -0.2) is 4.79 Å². The highest BCUT2D eigenvalue weighted by molar-refractivity contribution is 5.94. The molecule has 0 bridgehead atoms. The third-order valence-corrected chi connectivity index (χ3v) is 4.50. The van der Waals surface area contributed by atoms with Gasteiger partial charge < -0.3 is 16.4 Å². The number of rotatable bonds is 6. The lowest BCUT2D eigenvalue weighted by Crippen LogP contribution is -2.29. The summed E-state index contributed by atoms with van der Waals surface area (Å²) in [4.78, 5) is 23.7. The highest BCUT2D eigenvalue weighted by Gasteiger charge is 2.17. The molecule has 0 aliphatic rings. The number of aryl methyl sites for hydroxylation is 1. The summed E-state index contributed by atoms with van der Waals surface area (Å²) >= 11 is 0. The molecule has 1 atom stereocenters. The maximum Gasteiger partial charge on any atom is 0.312 e. The Balaban J connectivity index is 1.79. The molecule has 0 saturated carbocycles. The Hall–Kier alpha value is -3.60. The predicted molar refractivity (Wildman–Crippen MR) is 110 cm³/mol. The molecule has 0 aliphatic carbocycles. The monoisotopic (exact) mass is 373 g/mol. The number of hydrogen-bond donors (Lipinski definition) is 3. The minimum absolute atomic E-state index is 0.163. The molecule has 5 heteroatoms. The van der Waals surface area contributed by atoms with Crippen molar-refractivity contribution in [2.24, 2.45) is 5.73 Å². The number of urea groups is 1. The zero-order valence-electron chi connectivity index (χ0n) is 15.7. The first-order chi connectivity index (χ1) is 13.5. The van der Waals surface area contributed by atoms with Crippen LogP contribution < -0.4 is 16.4 Å². The van der Waals surface area contributed by atoms with Gasteiger partial charge in [0.2, 0.25) is 0 Å². The van der Waals surface area contributed by atoms with E-state index in [1.165, 1.54) is 5.56 Å². The number of carbonyl (C=O) groups is 2. The van der Waals surface area contributed by atoms with E-state index >= 15 is 0 Å². The molecule has 28 heavy (non-hydrogen) atoms. The van der Waals surface area contributed by atoms with Gasteiger partial charge in [0.1, 0.15) is 0 Å².